The van der Waals surface area contributed by atoms with Crippen LogP contribution in [-0.2, 0) is 0 Å². The van der Waals surface area contributed by atoms with Crippen LogP contribution in [0, 0.1) is 0 Å². The Morgan fingerprint density at radius 1 is 1.29 bits per heavy atom. The third kappa shape index (κ3) is 3.04. The number of thiocarbonyl (C=S) groups is 1. The van der Waals surface area contributed by atoms with Crippen LogP contribution in [0.5, 0.6) is 5.75 Å². The molecule has 0 fully saturated rings. The molecule has 0 aliphatic carbocycles. The van der Waals surface area contributed by atoms with Crippen molar-refractivity contribution in [2.75, 3.05) is 11.9 Å². The molecule has 0 saturated carbocycles. The summed E-state index contributed by atoms with van der Waals surface area (Å²) in [5.74, 6) is 0.938. The Morgan fingerprint density at radius 3 is 2.90 bits per heavy atom. The Bertz CT molecular complexity index is 690. The van der Waals surface area contributed by atoms with Crippen LogP contribution in [-0.4, -0.2) is 11.6 Å². The number of rotatable bonds is 3. The molecule has 3 nitrogen and oxygen atoms in total. The molecule has 1 heterocycles. The van der Waals surface area contributed by atoms with E-state index in [4.69, 9.17) is 22.7 Å². The quantitative estimate of drug-likeness (QED) is 0.809. The fourth-order valence-electron chi connectivity index (χ4n) is 2.53. The van der Waals surface area contributed by atoms with Crippen LogP contribution in [0.4, 0.5) is 5.69 Å². The van der Waals surface area contributed by atoms with E-state index in [0.29, 0.717) is 11.6 Å². The van der Waals surface area contributed by atoms with E-state index in [0.717, 1.165) is 33.5 Å². The van der Waals surface area contributed by atoms with E-state index >= 15 is 0 Å². The van der Waals surface area contributed by atoms with Crippen LogP contribution < -0.4 is 15.8 Å². The highest BCUT2D eigenvalue weighted by molar-refractivity contribution is 9.10. The largest absolute Gasteiger partial charge is 0.493 e. The number of benzene rings is 2. The van der Waals surface area contributed by atoms with Gasteiger partial charge in [0.2, 0.25) is 0 Å². The summed E-state index contributed by atoms with van der Waals surface area (Å²) < 4.78 is 6.68. The molecule has 0 spiro atoms. The van der Waals surface area contributed by atoms with Crippen molar-refractivity contribution < 1.29 is 4.74 Å². The first-order valence-electron chi connectivity index (χ1n) is 6.73. The molecule has 0 saturated heterocycles. The number of fused-ring (bicyclic) bond motifs is 1. The van der Waals surface area contributed by atoms with Crippen molar-refractivity contribution in [1.29, 1.82) is 0 Å². The molecule has 21 heavy (non-hydrogen) atoms. The van der Waals surface area contributed by atoms with Crippen LogP contribution >= 0.6 is 28.1 Å². The molecule has 1 unspecified atom stereocenters. The van der Waals surface area contributed by atoms with Gasteiger partial charge in [0.05, 0.1) is 12.6 Å². The molecule has 108 valence electrons. The second-order valence-corrected chi connectivity index (χ2v) is 6.28. The summed E-state index contributed by atoms with van der Waals surface area (Å²) in [6, 6.07) is 14.2. The van der Waals surface area contributed by atoms with Gasteiger partial charge in [-0.3, -0.25) is 0 Å². The van der Waals surface area contributed by atoms with Crippen molar-refractivity contribution >= 4 is 38.8 Å². The topological polar surface area (TPSA) is 47.3 Å². The Hall–Kier alpha value is -1.59. The van der Waals surface area contributed by atoms with Crippen molar-refractivity contribution in [2.45, 2.75) is 12.5 Å². The standard InChI is InChI=1S/C16H15BrN2OS/c17-10-5-6-12(16(18)21)14(9-10)19-13-7-8-20-15-4-2-1-3-11(13)15/h1-6,9,13,19H,7-8H2,(H2,18,21). The van der Waals surface area contributed by atoms with E-state index < -0.39 is 0 Å². The molecule has 2 aromatic rings. The third-order valence-corrected chi connectivity index (χ3v) is 4.25. The maximum Gasteiger partial charge on any atom is 0.124 e. The summed E-state index contributed by atoms with van der Waals surface area (Å²) in [5, 5.41) is 3.55. The lowest BCUT2D eigenvalue weighted by Gasteiger charge is -2.28. The fraction of sp³-hybridized carbons (Fsp3) is 0.188. The minimum Gasteiger partial charge on any atom is -0.493 e. The third-order valence-electron chi connectivity index (χ3n) is 3.54. The summed E-state index contributed by atoms with van der Waals surface area (Å²) in [6.45, 7) is 0.699. The normalized spacial score (nSPS) is 16.7. The minimum absolute atomic E-state index is 0.192. The van der Waals surface area contributed by atoms with E-state index in [1.807, 2.05) is 36.4 Å². The Kier molecular flexibility index (Phi) is 4.12. The molecule has 2 aromatic carbocycles. The van der Waals surface area contributed by atoms with Gasteiger partial charge in [-0.1, -0.05) is 46.3 Å². The van der Waals surface area contributed by atoms with E-state index in [2.05, 4.69) is 27.3 Å². The van der Waals surface area contributed by atoms with Crippen LogP contribution in [0.2, 0.25) is 0 Å². The second-order valence-electron chi connectivity index (χ2n) is 4.93. The first-order valence-corrected chi connectivity index (χ1v) is 7.93. The minimum atomic E-state index is 0.192. The number of nitrogens with one attached hydrogen (secondary N) is 1. The molecule has 0 amide bonds. The molecule has 0 radical (unpaired) electrons. The number of nitrogens with two attached hydrogens (primary N) is 1. The molecule has 3 N–H and O–H groups in total. The predicted molar refractivity (Wildman–Crippen MR) is 92.9 cm³/mol. The number of ether oxygens (including phenoxy) is 1. The van der Waals surface area contributed by atoms with Gasteiger partial charge in [0.1, 0.15) is 10.7 Å². The Balaban J connectivity index is 1.95. The lowest BCUT2D eigenvalue weighted by atomic mass is 9.99. The van der Waals surface area contributed by atoms with Gasteiger partial charge in [-0.2, -0.15) is 0 Å². The van der Waals surface area contributed by atoms with E-state index in [1.165, 1.54) is 0 Å². The van der Waals surface area contributed by atoms with E-state index in [1.54, 1.807) is 0 Å². The Morgan fingerprint density at radius 2 is 2.10 bits per heavy atom. The van der Waals surface area contributed by atoms with Crippen molar-refractivity contribution in [3.8, 4) is 5.75 Å². The summed E-state index contributed by atoms with van der Waals surface area (Å²) in [6.07, 6.45) is 0.903. The van der Waals surface area contributed by atoms with Gasteiger partial charge in [0, 0.05) is 27.7 Å². The lowest BCUT2D eigenvalue weighted by molar-refractivity contribution is 0.274. The fourth-order valence-corrected chi connectivity index (χ4v) is 3.07. The summed E-state index contributed by atoms with van der Waals surface area (Å²) >= 11 is 8.63. The van der Waals surface area contributed by atoms with Gasteiger partial charge < -0.3 is 15.8 Å². The number of hydrogen-bond acceptors (Lipinski definition) is 3. The second kappa shape index (κ2) is 6.03. The van der Waals surface area contributed by atoms with Crippen molar-refractivity contribution in [3.63, 3.8) is 0 Å². The van der Waals surface area contributed by atoms with Crippen molar-refractivity contribution in [3.05, 3.63) is 58.1 Å². The highest BCUT2D eigenvalue weighted by atomic mass is 79.9. The van der Waals surface area contributed by atoms with Gasteiger partial charge in [-0.25, -0.2) is 0 Å². The van der Waals surface area contributed by atoms with Crippen LogP contribution in [0.3, 0.4) is 0 Å². The molecular weight excluding hydrogens is 348 g/mol. The number of para-hydroxylation sites is 1. The van der Waals surface area contributed by atoms with Crippen LogP contribution in [0.1, 0.15) is 23.6 Å². The monoisotopic (exact) mass is 362 g/mol. The zero-order chi connectivity index (χ0) is 14.8. The van der Waals surface area contributed by atoms with Gasteiger partial charge in [-0.15, -0.1) is 0 Å². The van der Waals surface area contributed by atoms with Crippen molar-refractivity contribution in [2.24, 2.45) is 5.73 Å². The highest BCUT2D eigenvalue weighted by Gasteiger charge is 2.21. The maximum atomic E-state index is 5.82. The average molecular weight is 363 g/mol. The van der Waals surface area contributed by atoms with Crippen molar-refractivity contribution in [1.82, 2.24) is 0 Å². The van der Waals surface area contributed by atoms with Gasteiger partial charge in [0.25, 0.3) is 0 Å². The molecule has 3 rings (SSSR count). The summed E-state index contributed by atoms with van der Waals surface area (Å²) in [5.41, 5.74) is 8.78. The summed E-state index contributed by atoms with van der Waals surface area (Å²) in [4.78, 5) is 0.394. The zero-order valence-corrected chi connectivity index (χ0v) is 13.7. The van der Waals surface area contributed by atoms with Crippen LogP contribution in [0.25, 0.3) is 0 Å². The number of hydrogen-bond donors (Lipinski definition) is 2. The van der Waals surface area contributed by atoms with E-state index in [9.17, 15) is 0 Å². The first kappa shape index (κ1) is 14.4. The first-order chi connectivity index (χ1) is 10.1. The molecule has 1 aliphatic heterocycles. The van der Waals surface area contributed by atoms with Gasteiger partial charge >= 0.3 is 0 Å². The molecule has 1 atom stereocenters. The maximum absolute atomic E-state index is 5.82. The zero-order valence-electron chi connectivity index (χ0n) is 11.3. The van der Waals surface area contributed by atoms with E-state index in [-0.39, 0.29) is 6.04 Å². The highest BCUT2D eigenvalue weighted by Crippen LogP contribution is 2.35. The predicted octanol–water partition coefficient (Wildman–Crippen LogP) is 4.02. The molecular formula is C16H15BrN2OS. The summed E-state index contributed by atoms with van der Waals surface area (Å²) in [7, 11) is 0. The molecule has 0 aromatic heterocycles. The number of anilines is 1. The van der Waals surface area contributed by atoms with Gasteiger partial charge in [-0.05, 0) is 24.3 Å². The average Bonchev–Trinajstić information content (AvgIpc) is 2.47. The SMILES string of the molecule is NC(=S)c1ccc(Br)cc1NC1CCOc2ccccc21. The molecule has 5 heteroatoms. The van der Waals surface area contributed by atoms with Gasteiger partial charge in [0.15, 0.2) is 0 Å². The van der Waals surface area contributed by atoms with Crippen LogP contribution in [0.15, 0.2) is 46.9 Å². The lowest BCUT2D eigenvalue weighted by Crippen LogP contribution is -2.22. The smallest absolute Gasteiger partial charge is 0.124 e. The molecule has 1 aliphatic rings. The molecule has 0 bridgehead atoms. The Labute approximate surface area is 137 Å². The number of halogens is 1.